The molecule has 1 N–H and O–H groups in total. The minimum absolute atomic E-state index is 0.0150. The Hall–Kier alpha value is -2.18. The maximum Gasteiger partial charge on any atom is 0.251 e. The first-order valence-electron chi connectivity index (χ1n) is 8.93. The molecule has 0 radical (unpaired) electrons. The van der Waals surface area contributed by atoms with Crippen molar-refractivity contribution in [3.05, 3.63) is 71.3 Å². The van der Waals surface area contributed by atoms with E-state index in [1.54, 1.807) is 28.6 Å². The molecule has 0 saturated carbocycles. The van der Waals surface area contributed by atoms with Gasteiger partial charge in [-0.25, -0.2) is 12.7 Å². The Bertz CT molecular complexity index is 827. The minimum Gasteiger partial charge on any atom is -0.348 e. The van der Waals surface area contributed by atoms with Crippen LogP contribution in [0.1, 0.15) is 40.7 Å². The first-order chi connectivity index (χ1) is 12.5. The standard InChI is InChI=1S/C20H24N2O3S/c23-20(21-15-17-7-3-1-4-8-17)19-11-9-18(10-12-19)16-26(24,25)22-13-5-2-6-14-22/h1,3-4,7-12H,2,5-6,13-16H2,(H,21,23). The highest BCUT2D eigenvalue weighted by atomic mass is 32.2. The third-order valence-corrected chi connectivity index (χ3v) is 6.42. The van der Waals surface area contributed by atoms with E-state index in [0.29, 0.717) is 30.8 Å². The van der Waals surface area contributed by atoms with Crippen molar-refractivity contribution < 1.29 is 13.2 Å². The van der Waals surface area contributed by atoms with Crippen molar-refractivity contribution in [1.82, 2.24) is 9.62 Å². The van der Waals surface area contributed by atoms with Gasteiger partial charge in [0.15, 0.2) is 0 Å². The molecule has 26 heavy (non-hydrogen) atoms. The van der Waals surface area contributed by atoms with Gasteiger partial charge in [-0.2, -0.15) is 0 Å². The number of hydrogen-bond donors (Lipinski definition) is 1. The zero-order chi connectivity index (χ0) is 18.4. The summed E-state index contributed by atoms with van der Waals surface area (Å²) < 4.78 is 26.5. The van der Waals surface area contributed by atoms with Gasteiger partial charge in [0.25, 0.3) is 5.91 Å². The van der Waals surface area contributed by atoms with Gasteiger partial charge in [-0.15, -0.1) is 0 Å². The maximum atomic E-state index is 12.5. The van der Waals surface area contributed by atoms with Crippen LogP contribution in [0.4, 0.5) is 0 Å². The van der Waals surface area contributed by atoms with E-state index in [0.717, 1.165) is 24.8 Å². The number of piperidine rings is 1. The smallest absolute Gasteiger partial charge is 0.251 e. The van der Waals surface area contributed by atoms with Crippen molar-refractivity contribution in [2.24, 2.45) is 0 Å². The molecule has 6 heteroatoms. The second-order valence-electron chi connectivity index (χ2n) is 6.58. The van der Waals surface area contributed by atoms with Crippen LogP contribution in [0.2, 0.25) is 0 Å². The molecule has 0 aromatic heterocycles. The van der Waals surface area contributed by atoms with Gasteiger partial charge in [-0.1, -0.05) is 48.9 Å². The second-order valence-corrected chi connectivity index (χ2v) is 8.55. The molecule has 0 atom stereocenters. The van der Waals surface area contributed by atoms with E-state index in [4.69, 9.17) is 0 Å². The number of sulfonamides is 1. The molecule has 138 valence electrons. The summed E-state index contributed by atoms with van der Waals surface area (Å²) in [6, 6.07) is 16.5. The summed E-state index contributed by atoms with van der Waals surface area (Å²) in [5.74, 6) is -0.182. The number of hydrogen-bond acceptors (Lipinski definition) is 3. The highest BCUT2D eigenvalue weighted by Crippen LogP contribution is 2.17. The van der Waals surface area contributed by atoms with Crippen LogP contribution >= 0.6 is 0 Å². The third-order valence-electron chi connectivity index (χ3n) is 4.57. The van der Waals surface area contributed by atoms with E-state index in [-0.39, 0.29) is 11.7 Å². The average Bonchev–Trinajstić information content (AvgIpc) is 2.68. The van der Waals surface area contributed by atoms with Gasteiger partial charge in [0, 0.05) is 25.2 Å². The molecule has 0 spiro atoms. The molecule has 3 rings (SSSR count). The Labute approximate surface area is 155 Å². The summed E-state index contributed by atoms with van der Waals surface area (Å²) in [7, 11) is -3.28. The Morgan fingerprint density at radius 2 is 1.54 bits per heavy atom. The molecule has 0 unspecified atom stereocenters. The Kier molecular flexibility index (Phi) is 6.06. The van der Waals surface area contributed by atoms with Crippen molar-refractivity contribution in [3.63, 3.8) is 0 Å². The molecular weight excluding hydrogens is 348 g/mol. The van der Waals surface area contributed by atoms with Crippen LogP contribution in [-0.2, 0) is 22.3 Å². The van der Waals surface area contributed by atoms with Gasteiger partial charge in [-0.05, 0) is 36.1 Å². The molecule has 0 aliphatic carbocycles. The quantitative estimate of drug-likeness (QED) is 0.848. The summed E-state index contributed by atoms with van der Waals surface area (Å²) >= 11 is 0. The molecule has 1 fully saturated rings. The summed E-state index contributed by atoms with van der Waals surface area (Å²) in [6.45, 7) is 1.69. The minimum atomic E-state index is -3.28. The highest BCUT2D eigenvalue weighted by molar-refractivity contribution is 7.88. The summed E-state index contributed by atoms with van der Waals surface area (Å²) in [5, 5.41) is 2.87. The van der Waals surface area contributed by atoms with Gasteiger partial charge >= 0.3 is 0 Å². The number of benzene rings is 2. The lowest BCUT2D eigenvalue weighted by atomic mass is 10.1. The second kappa shape index (κ2) is 8.47. The lowest BCUT2D eigenvalue weighted by molar-refractivity contribution is 0.0951. The number of nitrogens with zero attached hydrogens (tertiary/aromatic N) is 1. The van der Waals surface area contributed by atoms with Crippen molar-refractivity contribution in [3.8, 4) is 0 Å². The van der Waals surface area contributed by atoms with Crippen LogP contribution in [-0.4, -0.2) is 31.7 Å². The van der Waals surface area contributed by atoms with E-state index in [1.165, 1.54) is 0 Å². The van der Waals surface area contributed by atoms with Gasteiger partial charge in [0.2, 0.25) is 10.0 Å². The summed E-state index contributed by atoms with van der Waals surface area (Å²) in [5.41, 5.74) is 2.26. The van der Waals surface area contributed by atoms with Crippen molar-refractivity contribution in [2.75, 3.05) is 13.1 Å². The Balaban J connectivity index is 1.58. The van der Waals surface area contributed by atoms with Gasteiger partial charge in [-0.3, -0.25) is 4.79 Å². The predicted octanol–water partition coefficient (Wildman–Crippen LogP) is 2.93. The predicted molar refractivity (Wildman–Crippen MR) is 102 cm³/mol. The van der Waals surface area contributed by atoms with E-state index in [9.17, 15) is 13.2 Å². The number of carbonyl (C=O) groups is 1. The molecule has 0 bridgehead atoms. The molecule has 1 heterocycles. The number of amides is 1. The van der Waals surface area contributed by atoms with Crippen LogP contribution in [0, 0.1) is 0 Å². The van der Waals surface area contributed by atoms with Gasteiger partial charge < -0.3 is 5.32 Å². The van der Waals surface area contributed by atoms with Crippen LogP contribution in [0.5, 0.6) is 0 Å². The van der Waals surface area contributed by atoms with Gasteiger partial charge in [0.1, 0.15) is 0 Å². The monoisotopic (exact) mass is 372 g/mol. The Morgan fingerprint density at radius 1 is 0.885 bits per heavy atom. The lowest BCUT2D eigenvalue weighted by Crippen LogP contribution is -2.36. The van der Waals surface area contributed by atoms with Crippen LogP contribution in [0.3, 0.4) is 0 Å². The Morgan fingerprint density at radius 3 is 2.19 bits per heavy atom. The van der Waals surface area contributed by atoms with E-state index < -0.39 is 10.0 Å². The molecule has 1 aliphatic rings. The van der Waals surface area contributed by atoms with Crippen molar-refractivity contribution in [2.45, 2.75) is 31.6 Å². The molecular formula is C20H24N2O3S. The SMILES string of the molecule is O=C(NCc1ccccc1)c1ccc(CS(=O)(=O)N2CCCCC2)cc1. The number of rotatable bonds is 6. The van der Waals surface area contributed by atoms with Crippen LogP contribution < -0.4 is 5.32 Å². The third kappa shape index (κ3) is 4.93. The average molecular weight is 372 g/mol. The highest BCUT2D eigenvalue weighted by Gasteiger charge is 2.24. The normalized spacial score (nSPS) is 15.5. The maximum absolute atomic E-state index is 12.5. The van der Waals surface area contributed by atoms with Crippen LogP contribution in [0.25, 0.3) is 0 Å². The fourth-order valence-corrected chi connectivity index (χ4v) is 4.69. The zero-order valence-electron chi connectivity index (χ0n) is 14.7. The van der Waals surface area contributed by atoms with Crippen molar-refractivity contribution >= 4 is 15.9 Å². The van der Waals surface area contributed by atoms with Gasteiger partial charge in [0.05, 0.1) is 5.75 Å². The van der Waals surface area contributed by atoms with E-state index in [1.807, 2.05) is 30.3 Å². The zero-order valence-corrected chi connectivity index (χ0v) is 15.5. The first-order valence-corrected chi connectivity index (χ1v) is 10.5. The first kappa shape index (κ1) is 18.6. The van der Waals surface area contributed by atoms with Crippen LogP contribution in [0.15, 0.2) is 54.6 Å². The van der Waals surface area contributed by atoms with E-state index in [2.05, 4.69) is 5.32 Å². The molecule has 1 saturated heterocycles. The topological polar surface area (TPSA) is 66.5 Å². The largest absolute Gasteiger partial charge is 0.348 e. The summed E-state index contributed by atoms with van der Waals surface area (Å²) in [6.07, 6.45) is 2.96. The fraction of sp³-hybridized carbons (Fsp3) is 0.350. The molecule has 1 amide bonds. The molecule has 2 aromatic rings. The molecule has 5 nitrogen and oxygen atoms in total. The van der Waals surface area contributed by atoms with E-state index >= 15 is 0 Å². The summed E-state index contributed by atoms with van der Waals surface area (Å²) in [4.78, 5) is 12.2. The molecule has 1 aliphatic heterocycles. The lowest BCUT2D eigenvalue weighted by Gasteiger charge is -2.25. The molecule has 2 aromatic carbocycles. The number of carbonyl (C=O) groups excluding carboxylic acids is 1. The number of nitrogens with one attached hydrogen (secondary N) is 1. The van der Waals surface area contributed by atoms with Crippen molar-refractivity contribution in [1.29, 1.82) is 0 Å². The fourth-order valence-electron chi connectivity index (χ4n) is 3.08.